The number of nitrogens with two attached hydrogens (primary N) is 3. The predicted octanol–water partition coefficient (Wildman–Crippen LogP) is -5.86. The number of carbonyl (C=O) groups is 10. The second kappa shape index (κ2) is 29.3. The highest BCUT2D eigenvalue weighted by molar-refractivity contribution is 5.98. The highest BCUT2D eigenvalue weighted by Gasteiger charge is 2.36. The van der Waals surface area contributed by atoms with E-state index in [0.717, 1.165) is 6.92 Å². The Balaban J connectivity index is 2.67. The highest BCUT2D eigenvalue weighted by Crippen LogP contribution is 2.11. The zero-order chi connectivity index (χ0) is 51.1. The first-order valence-corrected chi connectivity index (χ1v) is 22.3. The van der Waals surface area contributed by atoms with E-state index in [2.05, 4.69) is 47.9 Å². The smallest absolute Gasteiger partial charge is 0.391 e. The molecule has 0 aromatic heterocycles. The molecule has 1 fully saturated rings. The molecule has 1 aliphatic heterocycles. The second-order valence-corrected chi connectivity index (χ2v) is 16.6. The van der Waals surface area contributed by atoms with Gasteiger partial charge in [0, 0.05) is 19.9 Å². The molecule has 1 aromatic carbocycles. The number of aliphatic hydroxyl groups is 2. The van der Waals surface area contributed by atoms with Crippen LogP contribution in [0.2, 0.25) is 0 Å². The summed E-state index contributed by atoms with van der Waals surface area (Å²) in [5.74, 6) is -8.40. The minimum Gasteiger partial charge on any atom is -0.391 e. The fourth-order valence-corrected chi connectivity index (χ4v) is 6.76. The SMILES string of the molecule is CC(=O)N[C@H](C(=O)NOC(=O)N[C@H]1CCNC(=O)[C@H]([C@@H](C)O)NC(=O)[C@H](CCN)NC(=O)[C@H](CCN)NC(=O)[C@H](CC(C)C)NC(=O)[C@@H](Cc2ccccc2)NC(=O)[C@H](CCN)NC1=O)[C@@H](C)O. The van der Waals surface area contributed by atoms with Crippen molar-refractivity contribution in [1.29, 1.82) is 0 Å². The Labute approximate surface area is 393 Å². The van der Waals surface area contributed by atoms with Gasteiger partial charge in [0.1, 0.15) is 48.3 Å². The van der Waals surface area contributed by atoms with Crippen LogP contribution in [0.5, 0.6) is 0 Å². The number of hydrogen-bond donors (Lipinski definition) is 15. The molecule has 26 heteroatoms. The molecule has 0 saturated carbocycles. The van der Waals surface area contributed by atoms with Gasteiger partial charge in [-0.15, -0.1) is 0 Å². The maximum atomic E-state index is 14.2. The average Bonchev–Trinajstić information content (AvgIpc) is 3.27. The summed E-state index contributed by atoms with van der Waals surface area (Å²) in [6, 6.07) is -3.21. The van der Waals surface area contributed by atoms with Gasteiger partial charge in [0.15, 0.2) is 0 Å². The molecular weight excluding hydrogens is 895 g/mol. The van der Waals surface area contributed by atoms with Crippen LogP contribution in [0.4, 0.5) is 4.79 Å². The summed E-state index contributed by atoms with van der Waals surface area (Å²) in [6.45, 7) is 6.16. The van der Waals surface area contributed by atoms with E-state index in [4.69, 9.17) is 22.0 Å². The maximum absolute atomic E-state index is 14.2. The van der Waals surface area contributed by atoms with Gasteiger partial charge < -0.3 is 80.1 Å². The number of hydroxylamine groups is 1. The Hall–Kier alpha value is -6.48. The van der Waals surface area contributed by atoms with E-state index in [-0.39, 0.29) is 57.7 Å². The number of aliphatic hydroxyl groups excluding tert-OH is 2. The maximum Gasteiger partial charge on any atom is 0.432 e. The summed E-state index contributed by atoms with van der Waals surface area (Å²) in [7, 11) is 0. The molecule has 1 heterocycles. The van der Waals surface area contributed by atoms with Gasteiger partial charge in [-0.05, 0) is 77.1 Å². The summed E-state index contributed by atoms with van der Waals surface area (Å²) < 4.78 is 0. The first-order chi connectivity index (χ1) is 32.1. The Morgan fingerprint density at radius 3 is 1.63 bits per heavy atom. The predicted molar refractivity (Wildman–Crippen MR) is 242 cm³/mol. The molecule has 26 nitrogen and oxygen atoms in total. The molecule has 0 spiro atoms. The lowest BCUT2D eigenvalue weighted by molar-refractivity contribution is -0.137. The molecular formula is C42H69N13O13. The molecule has 1 aromatic rings. The minimum absolute atomic E-state index is 0.0599. The van der Waals surface area contributed by atoms with Gasteiger partial charge in [-0.25, -0.2) is 4.79 Å². The average molecular weight is 964 g/mol. The molecule has 2 rings (SSSR count). The molecule has 18 N–H and O–H groups in total. The van der Waals surface area contributed by atoms with Gasteiger partial charge in [0.25, 0.3) is 5.91 Å². The molecule has 1 saturated heterocycles. The van der Waals surface area contributed by atoms with Crippen LogP contribution in [0.3, 0.4) is 0 Å². The van der Waals surface area contributed by atoms with Gasteiger partial charge in [-0.3, -0.25) is 43.2 Å². The zero-order valence-corrected chi connectivity index (χ0v) is 38.9. The quantitative estimate of drug-likeness (QED) is 0.0728. The van der Waals surface area contributed by atoms with Crippen molar-refractivity contribution < 1.29 is 63.0 Å². The molecule has 0 radical (unpaired) electrons. The molecule has 10 amide bonds. The largest absolute Gasteiger partial charge is 0.432 e. The number of nitrogens with one attached hydrogen (secondary N) is 10. The van der Waals surface area contributed by atoms with Crippen LogP contribution < -0.4 is 70.5 Å². The van der Waals surface area contributed by atoms with Crippen LogP contribution in [0, 0.1) is 5.92 Å². The molecule has 0 bridgehead atoms. The molecule has 380 valence electrons. The second-order valence-electron chi connectivity index (χ2n) is 16.6. The minimum atomic E-state index is -1.68. The highest BCUT2D eigenvalue weighted by atomic mass is 16.7. The van der Waals surface area contributed by atoms with E-state index < -0.39 is 133 Å². The Bertz CT molecular complexity index is 1890. The van der Waals surface area contributed by atoms with Crippen molar-refractivity contribution in [3.8, 4) is 0 Å². The lowest BCUT2D eigenvalue weighted by Gasteiger charge is -2.28. The van der Waals surface area contributed by atoms with Crippen LogP contribution in [0.25, 0.3) is 0 Å². The molecule has 0 unspecified atom stereocenters. The molecule has 68 heavy (non-hydrogen) atoms. The first-order valence-electron chi connectivity index (χ1n) is 22.3. The lowest BCUT2D eigenvalue weighted by Crippen LogP contribution is -2.61. The van der Waals surface area contributed by atoms with Crippen molar-refractivity contribution >= 4 is 59.3 Å². The van der Waals surface area contributed by atoms with Gasteiger partial charge in [0.2, 0.25) is 47.3 Å². The normalized spacial score (nSPS) is 24.2. The van der Waals surface area contributed by atoms with Crippen molar-refractivity contribution in [2.45, 2.75) is 134 Å². The Kier molecular flexibility index (Phi) is 24.9. The zero-order valence-electron chi connectivity index (χ0n) is 38.9. The summed E-state index contributed by atoms with van der Waals surface area (Å²) in [6.07, 6.45) is -5.43. The summed E-state index contributed by atoms with van der Waals surface area (Å²) in [4.78, 5) is 139. The van der Waals surface area contributed by atoms with Crippen LogP contribution in [-0.4, -0.2) is 156 Å². The number of rotatable bonds is 15. The topological polar surface area (TPSA) is 419 Å². The van der Waals surface area contributed by atoms with Gasteiger partial charge >= 0.3 is 6.09 Å². The van der Waals surface area contributed by atoms with Crippen molar-refractivity contribution in [1.82, 2.24) is 53.3 Å². The van der Waals surface area contributed by atoms with Crippen molar-refractivity contribution in [3.05, 3.63) is 35.9 Å². The summed E-state index contributed by atoms with van der Waals surface area (Å²) in [5.41, 5.74) is 19.8. The Morgan fingerprint density at radius 2 is 1.15 bits per heavy atom. The van der Waals surface area contributed by atoms with E-state index in [9.17, 15) is 58.2 Å². The van der Waals surface area contributed by atoms with Crippen molar-refractivity contribution in [2.75, 3.05) is 26.2 Å². The third-order valence-corrected chi connectivity index (χ3v) is 10.3. The van der Waals surface area contributed by atoms with Crippen LogP contribution in [0.1, 0.15) is 72.3 Å². The summed E-state index contributed by atoms with van der Waals surface area (Å²) >= 11 is 0. The number of amides is 10. The van der Waals surface area contributed by atoms with Gasteiger partial charge in [-0.1, -0.05) is 44.2 Å². The monoisotopic (exact) mass is 964 g/mol. The fourth-order valence-electron chi connectivity index (χ4n) is 6.76. The van der Waals surface area contributed by atoms with Crippen LogP contribution in [0.15, 0.2) is 30.3 Å². The van der Waals surface area contributed by atoms with Crippen molar-refractivity contribution in [2.24, 2.45) is 23.1 Å². The van der Waals surface area contributed by atoms with E-state index in [1.165, 1.54) is 13.8 Å². The number of hydrogen-bond acceptors (Lipinski definition) is 16. The fraction of sp³-hybridized carbons (Fsp3) is 0.619. The number of carbonyl (C=O) groups excluding carboxylic acids is 10. The van der Waals surface area contributed by atoms with Gasteiger partial charge in [0.05, 0.1) is 12.2 Å². The van der Waals surface area contributed by atoms with E-state index in [0.29, 0.717) is 5.56 Å². The van der Waals surface area contributed by atoms with Gasteiger partial charge in [-0.2, -0.15) is 5.48 Å². The van der Waals surface area contributed by atoms with Crippen LogP contribution >= 0.6 is 0 Å². The van der Waals surface area contributed by atoms with E-state index in [1.807, 2.05) is 0 Å². The van der Waals surface area contributed by atoms with E-state index >= 15 is 0 Å². The third kappa shape index (κ3) is 19.8. The first kappa shape index (κ1) is 57.6. The van der Waals surface area contributed by atoms with Crippen LogP contribution in [-0.2, 0) is 54.4 Å². The molecule has 0 aliphatic carbocycles. The summed E-state index contributed by atoms with van der Waals surface area (Å²) in [5, 5.41) is 42.6. The Morgan fingerprint density at radius 1 is 0.676 bits per heavy atom. The lowest BCUT2D eigenvalue weighted by atomic mass is 10.00. The van der Waals surface area contributed by atoms with E-state index in [1.54, 1.807) is 49.7 Å². The third-order valence-electron chi connectivity index (χ3n) is 10.3. The molecule has 1 aliphatic rings. The van der Waals surface area contributed by atoms with Crippen molar-refractivity contribution in [3.63, 3.8) is 0 Å². The molecule has 10 atom stereocenters. The standard InChI is InChI=1S/C42H69N13O13/c1-21(2)19-30-38(63)50-26(11-15-43)34(59)49-28(13-17-45)37(62)54-32(22(3)56)40(65)46-18-14-29(53-42(67)68-55-41(66)33(23(4)57)47-24(5)58)36(61)48-27(12-16-44)35(60)52-31(39(64)51-30)20-25-9-7-6-8-10-25/h6-10,21-23,26-33,56-57H,11-20,43-45H2,1-5H3,(H,46,65)(H,47,58)(H,48,61)(H,49,59)(H,50,63)(H,51,64)(H,52,60)(H,53,67)(H,54,62)(H,55,66)/t22-,23-,26+,27+,28+,29+,30+,31-,32+,33+/m1/s1. The number of benzene rings is 1.